The van der Waals surface area contributed by atoms with E-state index >= 15 is 0 Å². The average molecular weight is 321 g/mol. The molecule has 24 heavy (non-hydrogen) atoms. The van der Waals surface area contributed by atoms with Crippen LogP contribution in [0.15, 0.2) is 48.5 Å². The summed E-state index contributed by atoms with van der Waals surface area (Å²) in [6.07, 6.45) is 4.86. The summed E-state index contributed by atoms with van der Waals surface area (Å²) in [7, 11) is 6.01. The molecule has 0 aliphatic heterocycles. The van der Waals surface area contributed by atoms with Crippen LogP contribution >= 0.6 is 0 Å². The predicted molar refractivity (Wildman–Crippen MR) is 102 cm³/mol. The van der Waals surface area contributed by atoms with Crippen LogP contribution in [-0.2, 0) is 6.54 Å². The molecule has 0 bridgehead atoms. The normalized spacial score (nSPS) is 15.0. The van der Waals surface area contributed by atoms with Gasteiger partial charge in [0, 0.05) is 6.54 Å². The van der Waals surface area contributed by atoms with Crippen molar-refractivity contribution in [2.24, 2.45) is 0 Å². The Labute approximate surface area is 145 Å². The number of ether oxygens (including phenoxy) is 1. The summed E-state index contributed by atoms with van der Waals surface area (Å²) in [5.74, 6) is 0.937. The van der Waals surface area contributed by atoms with Crippen molar-refractivity contribution in [2.45, 2.75) is 32.2 Å². The van der Waals surface area contributed by atoms with Crippen molar-refractivity contribution < 1.29 is 4.74 Å². The van der Waals surface area contributed by atoms with Crippen LogP contribution in [0.3, 0.4) is 0 Å². The Kier molecular flexibility index (Phi) is 5.37. The molecule has 1 aliphatic rings. The molecule has 1 aliphatic carbocycles. The SMILES string of the molecule is COc1cccc(C2=C(c3ccccc3CN(C)C)CCCC2)c1. The van der Waals surface area contributed by atoms with Gasteiger partial charge in [0.25, 0.3) is 0 Å². The lowest BCUT2D eigenvalue weighted by atomic mass is 9.82. The van der Waals surface area contributed by atoms with Gasteiger partial charge in [0.1, 0.15) is 5.75 Å². The van der Waals surface area contributed by atoms with Crippen molar-refractivity contribution in [2.75, 3.05) is 21.2 Å². The highest BCUT2D eigenvalue weighted by atomic mass is 16.5. The van der Waals surface area contributed by atoms with Gasteiger partial charge in [-0.05, 0) is 79.7 Å². The van der Waals surface area contributed by atoms with Crippen LogP contribution in [0.1, 0.15) is 42.4 Å². The maximum Gasteiger partial charge on any atom is 0.119 e. The van der Waals surface area contributed by atoms with Crippen molar-refractivity contribution in [1.29, 1.82) is 0 Å². The molecule has 2 heteroatoms. The maximum atomic E-state index is 5.43. The molecule has 0 radical (unpaired) electrons. The summed E-state index contributed by atoms with van der Waals surface area (Å²) in [4.78, 5) is 2.24. The van der Waals surface area contributed by atoms with Gasteiger partial charge in [0.2, 0.25) is 0 Å². The van der Waals surface area contributed by atoms with Gasteiger partial charge >= 0.3 is 0 Å². The average Bonchev–Trinajstić information content (AvgIpc) is 2.62. The summed E-state index contributed by atoms with van der Waals surface area (Å²) in [5.41, 5.74) is 7.16. The Morgan fingerprint density at radius 2 is 1.67 bits per heavy atom. The van der Waals surface area contributed by atoms with Crippen LogP contribution in [0.25, 0.3) is 11.1 Å². The summed E-state index contributed by atoms with van der Waals surface area (Å²) < 4.78 is 5.43. The molecule has 0 aromatic heterocycles. The van der Waals surface area contributed by atoms with Gasteiger partial charge in [-0.2, -0.15) is 0 Å². The molecule has 2 aromatic rings. The van der Waals surface area contributed by atoms with Crippen LogP contribution in [0, 0.1) is 0 Å². The fourth-order valence-corrected chi connectivity index (χ4v) is 3.63. The van der Waals surface area contributed by atoms with Crippen molar-refractivity contribution in [1.82, 2.24) is 4.90 Å². The third kappa shape index (κ3) is 3.70. The van der Waals surface area contributed by atoms with Gasteiger partial charge in [-0.1, -0.05) is 36.4 Å². The van der Waals surface area contributed by atoms with Crippen LogP contribution in [0.4, 0.5) is 0 Å². The summed E-state index contributed by atoms with van der Waals surface area (Å²) >= 11 is 0. The van der Waals surface area contributed by atoms with E-state index in [1.54, 1.807) is 7.11 Å². The molecule has 0 saturated carbocycles. The molecular formula is C22H27NO. The molecule has 0 amide bonds. The number of methoxy groups -OCH3 is 1. The number of hydrogen-bond donors (Lipinski definition) is 0. The van der Waals surface area contributed by atoms with Crippen molar-refractivity contribution in [3.05, 3.63) is 65.2 Å². The van der Waals surface area contributed by atoms with Crippen LogP contribution < -0.4 is 4.74 Å². The van der Waals surface area contributed by atoms with E-state index in [4.69, 9.17) is 4.74 Å². The van der Waals surface area contributed by atoms with E-state index < -0.39 is 0 Å². The van der Waals surface area contributed by atoms with Crippen LogP contribution in [0.2, 0.25) is 0 Å². The molecule has 0 fully saturated rings. The largest absolute Gasteiger partial charge is 0.497 e. The first kappa shape index (κ1) is 16.8. The first-order chi connectivity index (χ1) is 11.7. The highest BCUT2D eigenvalue weighted by molar-refractivity contribution is 5.92. The molecule has 0 spiro atoms. The van der Waals surface area contributed by atoms with E-state index in [9.17, 15) is 0 Å². The number of hydrogen-bond acceptors (Lipinski definition) is 2. The third-order valence-electron chi connectivity index (χ3n) is 4.72. The molecule has 0 heterocycles. The Morgan fingerprint density at radius 1 is 0.917 bits per heavy atom. The third-order valence-corrected chi connectivity index (χ3v) is 4.72. The topological polar surface area (TPSA) is 12.5 Å². The van der Waals surface area contributed by atoms with Crippen LogP contribution in [0.5, 0.6) is 5.75 Å². The first-order valence-corrected chi connectivity index (χ1v) is 8.78. The first-order valence-electron chi connectivity index (χ1n) is 8.78. The van der Waals surface area contributed by atoms with Crippen molar-refractivity contribution in [3.8, 4) is 5.75 Å². The van der Waals surface area contributed by atoms with Gasteiger partial charge in [-0.25, -0.2) is 0 Å². The summed E-state index contributed by atoms with van der Waals surface area (Å²) in [6.45, 7) is 0.977. The van der Waals surface area contributed by atoms with Gasteiger partial charge in [-0.15, -0.1) is 0 Å². The monoisotopic (exact) mass is 321 g/mol. The molecule has 2 aromatic carbocycles. The van der Waals surface area contributed by atoms with Gasteiger partial charge < -0.3 is 9.64 Å². The minimum Gasteiger partial charge on any atom is -0.497 e. The second-order valence-corrected chi connectivity index (χ2v) is 6.79. The van der Waals surface area contributed by atoms with E-state index in [1.165, 1.54) is 40.7 Å². The Balaban J connectivity index is 2.10. The van der Waals surface area contributed by atoms with Gasteiger partial charge in [0.05, 0.1) is 7.11 Å². The molecule has 0 N–H and O–H groups in total. The Morgan fingerprint density at radius 3 is 2.42 bits per heavy atom. The molecule has 0 atom stereocenters. The zero-order valence-corrected chi connectivity index (χ0v) is 15.0. The van der Waals surface area contributed by atoms with Gasteiger partial charge in [0.15, 0.2) is 0 Å². The smallest absolute Gasteiger partial charge is 0.119 e. The highest BCUT2D eigenvalue weighted by Crippen LogP contribution is 2.40. The molecular weight excluding hydrogens is 294 g/mol. The van der Waals surface area contributed by atoms with E-state index in [2.05, 4.69) is 61.5 Å². The second kappa shape index (κ2) is 7.67. The molecule has 0 saturated heterocycles. The second-order valence-electron chi connectivity index (χ2n) is 6.79. The number of nitrogens with zero attached hydrogens (tertiary/aromatic N) is 1. The predicted octanol–water partition coefficient (Wildman–Crippen LogP) is 5.24. The Bertz CT molecular complexity index is 730. The Hall–Kier alpha value is -2.06. The van der Waals surface area contributed by atoms with Crippen LogP contribution in [-0.4, -0.2) is 26.1 Å². The molecule has 3 rings (SSSR count). The summed E-state index contributed by atoms with van der Waals surface area (Å²) in [6, 6.07) is 17.4. The summed E-state index contributed by atoms with van der Waals surface area (Å²) in [5, 5.41) is 0. The maximum absolute atomic E-state index is 5.43. The van der Waals surface area contributed by atoms with Gasteiger partial charge in [-0.3, -0.25) is 0 Å². The lowest BCUT2D eigenvalue weighted by Crippen LogP contribution is -2.13. The number of rotatable bonds is 5. The standard InChI is InChI=1S/C22H27NO/c1-23(2)16-18-9-4-5-13-21(18)22-14-7-6-12-20(22)17-10-8-11-19(15-17)24-3/h4-5,8-11,13,15H,6-7,12,14,16H2,1-3H3. The lowest BCUT2D eigenvalue weighted by molar-refractivity contribution is 0.402. The van der Waals surface area contributed by atoms with Crippen molar-refractivity contribution >= 4 is 11.1 Å². The molecule has 0 unspecified atom stereocenters. The minimum atomic E-state index is 0.937. The van der Waals surface area contributed by atoms with E-state index in [0.29, 0.717) is 0 Å². The van der Waals surface area contributed by atoms with Crippen molar-refractivity contribution in [3.63, 3.8) is 0 Å². The quantitative estimate of drug-likeness (QED) is 0.746. The fraction of sp³-hybridized carbons (Fsp3) is 0.364. The number of allylic oxidation sites excluding steroid dienone is 2. The fourth-order valence-electron chi connectivity index (χ4n) is 3.63. The highest BCUT2D eigenvalue weighted by Gasteiger charge is 2.18. The molecule has 126 valence electrons. The number of benzene rings is 2. The van der Waals surface area contributed by atoms with E-state index in [0.717, 1.165) is 25.1 Å². The lowest BCUT2D eigenvalue weighted by Gasteiger charge is -2.24. The van der Waals surface area contributed by atoms with E-state index in [-0.39, 0.29) is 0 Å². The minimum absolute atomic E-state index is 0.937. The zero-order valence-electron chi connectivity index (χ0n) is 15.0. The van der Waals surface area contributed by atoms with E-state index in [1.807, 2.05) is 6.07 Å². The molecule has 2 nitrogen and oxygen atoms in total. The zero-order chi connectivity index (χ0) is 16.9.